The van der Waals surface area contributed by atoms with E-state index in [0.717, 1.165) is 25.4 Å². The topological polar surface area (TPSA) is 29.3 Å². The average Bonchev–Trinajstić information content (AvgIpc) is 3.13. The first-order valence-electron chi connectivity index (χ1n) is 6.79. The maximum atomic E-state index is 6.24. The van der Waals surface area contributed by atoms with Crippen molar-refractivity contribution in [3.63, 3.8) is 0 Å². The Hall–Kier alpha value is -0.860. The molecule has 1 saturated carbocycles. The first-order chi connectivity index (χ1) is 8.28. The number of nitrogens with two attached hydrogens (primary N) is 1. The van der Waals surface area contributed by atoms with Gasteiger partial charge in [-0.3, -0.25) is 0 Å². The molecule has 0 heterocycles. The zero-order valence-electron chi connectivity index (χ0n) is 10.8. The molecule has 0 saturated heterocycles. The molecule has 17 heavy (non-hydrogen) atoms. The van der Waals surface area contributed by atoms with Gasteiger partial charge in [-0.25, -0.2) is 0 Å². The quantitative estimate of drug-likeness (QED) is 0.781. The summed E-state index contributed by atoms with van der Waals surface area (Å²) >= 11 is 0. The molecule has 0 amide bonds. The molecular weight excluding hydrogens is 208 g/mol. The molecule has 0 spiro atoms. The van der Waals surface area contributed by atoms with E-state index in [1.54, 1.807) is 0 Å². The van der Waals surface area contributed by atoms with Crippen LogP contribution in [0.2, 0.25) is 0 Å². The van der Waals surface area contributed by atoms with Gasteiger partial charge in [0.15, 0.2) is 0 Å². The Morgan fingerprint density at radius 1 is 1.29 bits per heavy atom. The van der Waals surface area contributed by atoms with Gasteiger partial charge < -0.3 is 10.6 Å². The minimum absolute atomic E-state index is 0.260. The van der Waals surface area contributed by atoms with Crippen LogP contribution in [-0.2, 0) is 6.42 Å². The zero-order chi connectivity index (χ0) is 12.1. The molecule has 1 aliphatic carbocycles. The van der Waals surface area contributed by atoms with Crippen molar-refractivity contribution in [2.45, 2.75) is 32.2 Å². The van der Waals surface area contributed by atoms with Crippen molar-refractivity contribution >= 4 is 0 Å². The molecule has 94 valence electrons. The number of benzene rings is 1. The van der Waals surface area contributed by atoms with Gasteiger partial charge in [-0.2, -0.15) is 0 Å². The summed E-state index contributed by atoms with van der Waals surface area (Å²) in [6.07, 6.45) is 3.83. The summed E-state index contributed by atoms with van der Waals surface area (Å²) in [5.41, 5.74) is 7.59. The molecule has 0 radical (unpaired) electrons. The van der Waals surface area contributed by atoms with Crippen LogP contribution in [0.25, 0.3) is 0 Å². The number of nitrogens with zero attached hydrogens (tertiary/aromatic N) is 1. The Morgan fingerprint density at radius 2 is 2.00 bits per heavy atom. The third-order valence-corrected chi connectivity index (χ3v) is 3.49. The smallest absolute Gasteiger partial charge is 0.0208 e. The highest BCUT2D eigenvalue weighted by Gasteiger charge is 2.24. The molecule has 2 nitrogen and oxygen atoms in total. The van der Waals surface area contributed by atoms with E-state index in [-0.39, 0.29) is 6.04 Å². The maximum Gasteiger partial charge on any atom is 0.0208 e. The molecule has 1 fully saturated rings. The lowest BCUT2D eigenvalue weighted by atomic mass is 10.1. The fraction of sp³-hybridized carbons (Fsp3) is 0.600. The fourth-order valence-electron chi connectivity index (χ4n) is 2.31. The average molecular weight is 232 g/mol. The number of likely N-dealkylation sites (N-methyl/N-ethyl adjacent to an activating group) is 1. The number of rotatable bonds is 7. The molecule has 1 aromatic rings. The van der Waals surface area contributed by atoms with E-state index in [4.69, 9.17) is 5.73 Å². The second kappa shape index (κ2) is 6.18. The van der Waals surface area contributed by atoms with Crippen LogP contribution in [0.5, 0.6) is 0 Å². The molecule has 0 aromatic heterocycles. The monoisotopic (exact) mass is 232 g/mol. The van der Waals surface area contributed by atoms with E-state index in [1.165, 1.54) is 24.9 Å². The summed E-state index contributed by atoms with van der Waals surface area (Å²) in [4.78, 5) is 2.51. The van der Waals surface area contributed by atoms with Crippen molar-refractivity contribution in [3.8, 4) is 0 Å². The molecule has 1 aliphatic rings. The largest absolute Gasteiger partial charge is 0.326 e. The van der Waals surface area contributed by atoms with Gasteiger partial charge in [-0.05, 0) is 37.3 Å². The number of hydrogen-bond acceptors (Lipinski definition) is 2. The molecule has 1 unspecified atom stereocenters. The third kappa shape index (κ3) is 4.49. The van der Waals surface area contributed by atoms with Crippen molar-refractivity contribution in [2.24, 2.45) is 11.7 Å². The lowest BCUT2D eigenvalue weighted by Gasteiger charge is -2.24. The zero-order valence-corrected chi connectivity index (χ0v) is 10.8. The second-order valence-electron chi connectivity index (χ2n) is 5.25. The SMILES string of the molecule is CCN(CC(N)Cc1ccccc1)CC1CC1. The van der Waals surface area contributed by atoms with Crippen LogP contribution in [0, 0.1) is 5.92 Å². The maximum absolute atomic E-state index is 6.24. The lowest BCUT2D eigenvalue weighted by molar-refractivity contribution is 0.258. The van der Waals surface area contributed by atoms with Gasteiger partial charge in [0.05, 0.1) is 0 Å². The van der Waals surface area contributed by atoms with Crippen LogP contribution >= 0.6 is 0 Å². The molecule has 1 aromatic carbocycles. The highest BCUT2D eigenvalue weighted by Crippen LogP contribution is 2.29. The van der Waals surface area contributed by atoms with Crippen LogP contribution in [0.3, 0.4) is 0 Å². The van der Waals surface area contributed by atoms with Gasteiger partial charge in [0, 0.05) is 19.1 Å². The van der Waals surface area contributed by atoms with E-state index in [1.807, 2.05) is 0 Å². The Balaban J connectivity index is 1.76. The Bertz CT molecular complexity index is 319. The van der Waals surface area contributed by atoms with E-state index in [0.29, 0.717) is 0 Å². The summed E-state index contributed by atoms with van der Waals surface area (Å²) in [6, 6.07) is 10.8. The molecule has 0 aliphatic heterocycles. The molecular formula is C15H24N2. The Labute approximate surface area is 105 Å². The van der Waals surface area contributed by atoms with Gasteiger partial charge in [0.25, 0.3) is 0 Å². The second-order valence-corrected chi connectivity index (χ2v) is 5.25. The molecule has 2 heteroatoms. The minimum atomic E-state index is 0.260. The predicted octanol–water partition coefficient (Wildman–Crippen LogP) is 2.29. The Kier molecular flexibility index (Phi) is 4.57. The Morgan fingerprint density at radius 3 is 2.59 bits per heavy atom. The predicted molar refractivity (Wildman–Crippen MR) is 73.0 cm³/mol. The van der Waals surface area contributed by atoms with Gasteiger partial charge in [-0.15, -0.1) is 0 Å². The van der Waals surface area contributed by atoms with Gasteiger partial charge >= 0.3 is 0 Å². The van der Waals surface area contributed by atoms with Crippen molar-refractivity contribution in [1.82, 2.24) is 4.90 Å². The third-order valence-electron chi connectivity index (χ3n) is 3.49. The first kappa shape index (κ1) is 12.6. The van der Waals surface area contributed by atoms with Crippen molar-refractivity contribution in [1.29, 1.82) is 0 Å². The first-order valence-corrected chi connectivity index (χ1v) is 6.79. The van der Waals surface area contributed by atoms with E-state index < -0.39 is 0 Å². The highest BCUT2D eigenvalue weighted by atomic mass is 15.1. The normalized spacial score (nSPS) is 17.4. The fourth-order valence-corrected chi connectivity index (χ4v) is 2.31. The van der Waals surface area contributed by atoms with E-state index >= 15 is 0 Å². The van der Waals surface area contributed by atoms with E-state index in [9.17, 15) is 0 Å². The van der Waals surface area contributed by atoms with Crippen LogP contribution < -0.4 is 5.73 Å². The highest BCUT2D eigenvalue weighted by molar-refractivity contribution is 5.15. The van der Waals surface area contributed by atoms with Crippen LogP contribution in [0.15, 0.2) is 30.3 Å². The summed E-state index contributed by atoms with van der Waals surface area (Å²) in [7, 11) is 0. The van der Waals surface area contributed by atoms with Gasteiger partial charge in [-0.1, -0.05) is 37.3 Å². The van der Waals surface area contributed by atoms with Crippen molar-refractivity contribution in [2.75, 3.05) is 19.6 Å². The summed E-state index contributed by atoms with van der Waals surface area (Å²) in [5.74, 6) is 0.957. The van der Waals surface area contributed by atoms with Crippen molar-refractivity contribution in [3.05, 3.63) is 35.9 Å². The standard InChI is InChI=1S/C15H24N2/c1-2-17(11-14-8-9-14)12-15(16)10-13-6-4-3-5-7-13/h3-7,14-15H,2,8-12,16H2,1H3. The summed E-state index contributed by atoms with van der Waals surface area (Å²) in [5, 5.41) is 0. The molecule has 2 rings (SSSR count). The van der Waals surface area contributed by atoms with Gasteiger partial charge in [0.1, 0.15) is 0 Å². The molecule has 2 N–H and O–H groups in total. The van der Waals surface area contributed by atoms with Gasteiger partial charge in [0.2, 0.25) is 0 Å². The lowest BCUT2D eigenvalue weighted by Crippen LogP contribution is -2.39. The van der Waals surface area contributed by atoms with Crippen LogP contribution in [0.4, 0.5) is 0 Å². The summed E-state index contributed by atoms with van der Waals surface area (Å²) < 4.78 is 0. The minimum Gasteiger partial charge on any atom is -0.326 e. The number of hydrogen-bond donors (Lipinski definition) is 1. The van der Waals surface area contributed by atoms with Crippen LogP contribution in [-0.4, -0.2) is 30.6 Å². The molecule has 0 bridgehead atoms. The summed E-state index contributed by atoms with van der Waals surface area (Å²) in [6.45, 7) is 5.64. The molecule has 1 atom stereocenters. The van der Waals surface area contributed by atoms with Crippen LogP contribution in [0.1, 0.15) is 25.3 Å². The van der Waals surface area contributed by atoms with E-state index in [2.05, 4.69) is 42.2 Å². The van der Waals surface area contributed by atoms with Crippen molar-refractivity contribution < 1.29 is 0 Å².